The first kappa shape index (κ1) is 24.1. The minimum absolute atomic E-state index is 0.285. The molecule has 0 atom stereocenters. The van der Waals surface area contributed by atoms with Gasteiger partial charge in [0.15, 0.2) is 11.5 Å². The number of fused-ring (bicyclic) bond motifs is 2. The fraction of sp³-hybridized carbons (Fsp3) is 0.172. The van der Waals surface area contributed by atoms with Crippen molar-refractivity contribution in [2.45, 2.75) is 20.3 Å². The Balaban J connectivity index is 1.62. The molecule has 2 N–H and O–H groups in total. The van der Waals surface area contributed by atoms with Gasteiger partial charge in [-0.25, -0.2) is 14.4 Å². The summed E-state index contributed by atoms with van der Waals surface area (Å²) >= 11 is 0. The van der Waals surface area contributed by atoms with Crippen molar-refractivity contribution in [3.05, 3.63) is 101 Å². The van der Waals surface area contributed by atoms with E-state index in [2.05, 4.69) is 39.9 Å². The van der Waals surface area contributed by atoms with E-state index in [1.165, 1.54) is 17.7 Å². The summed E-state index contributed by atoms with van der Waals surface area (Å²) in [5.41, 5.74) is 9.26. The van der Waals surface area contributed by atoms with E-state index in [1.54, 1.807) is 12.3 Å². The Morgan fingerprint density at radius 1 is 1.14 bits per heavy atom. The van der Waals surface area contributed by atoms with Gasteiger partial charge in [0.05, 0.1) is 16.9 Å². The van der Waals surface area contributed by atoms with Crippen molar-refractivity contribution in [3.8, 4) is 11.5 Å². The maximum absolute atomic E-state index is 14.0. The molecule has 0 bridgehead atoms. The number of rotatable bonds is 6. The molecule has 0 aliphatic heterocycles. The molecule has 0 radical (unpaired) electrons. The van der Waals surface area contributed by atoms with Gasteiger partial charge < -0.3 is 9.88 Å². The van der Waals surface area contributed by atoms with Crippen LogP contribution in [0, 0.1) is 5.82 Å². The Morgan fingerprint density at radius 3 is 2.73 bits per heavy atom. The van der Waals surface area contributed by atoms with Crippen molar-refractivity contribution >= 4 is 28.9 Å². The number of nitrogens with zero attached hydrogens (tertiary/aromatic N) is 5. The van der Waals surface area contributed by atoms with Crippen LogP contribution < -0.4 is 0 Å². The van der Waals surface area contributed by atoms with E-state index in [-0.39, 0.29) is 5.82 Å². The zero-order chi connectivity index (χ0) is 26.1. The van der Waals surface area contributed by atoms with Crippen molar-refractivity contribution in [2.24, 2.45) is 4.99 Å². The standard InChI is InChI=1S/C29H28FN7/c1-17-9-10-22(19-7-6-8-21(30)15-19)26-25(13-17)33-29(34-26)28-27-24(35-36-28)12-11-23(32-27)20(16-31-3)14-18(2)37(4)5/h6-12,14-16H,3,13H2,1-2,4-5H3,(H,33,34)(H,35,36)/b18-14+,20-16+. The van der Waals surface area contributed by atoms with E-state index in [0.717, 1.165) is 45.0 Å². The smallest absolute Gasteiger partial charge is 0.161 e. The lowest BCUT2D eigenvalue weighted by Crippen LogP contribution is -2.08. The van der Waals surface area contributed by atoms with Gasteiger partial charge in [-0.2, -0.15) is 5.10 Å². The van der Waals surface area contributed by atoms with E-state index in [0.29, 0.717) is 23.5 Å². The van der Waals surface area contributed by atoms with Gasteiger partial charge in [-0.05, 0) is 56.5 Å². The minimum atomic E-state index is -0.285. The summed E-state index contributed by atoms with van der Waals surface area (Å²) in [6, 6.07) is 10.4. The molecule has 1 aromatic carbocycles. The summed E-state index contributed by atoms with van der Waals surface area (Å²) in [6.07, 6.45) is 8.46. The third-order valence-electron chi connectivity index (χ3n) is 6.39. The van der Waals surface area contributed by atoms with E-state index in [4.69, 9.17) is 9.97 Å². The molecule has 7 nitrogen and oxygen atoms in total. The maximum atomic E-state index is 14.0. The molecule has 0 saturated carbocycles. The quantitative estimate of drug-likeness (QED) is 0.258. The first-order chi connectivity index (χ1) is 17.8. The maximum Gasteiger partial charge on any atom is 0.161 e. The molecular weight excluding hydrogens is 465 g/mol. The number of aliphatic imine (C=N–C) groups is 1. The van der Waals surface area contributed by atoms with E-state index >= 15 is 0 Å². The van der Waals surface area contributed by atoms with Gasteiger partial charge >= 0.3 is 0 Å². The molecule has 1 aliphatic rings. The monoisotopic (exact) mass is 493 g/mol. The number of imidazole rings is 1. The van der Waals surface area contributed by atoms with Crippen molar-refractivity contribution < 1.29 is 4.39 Å². The van der Waals surface area contributed by atoms with Crippen molar-refractivity contribution in [1.29, 1.82) is 0 Å². The highest BCUT2D eigenvalue weighted by atomic mass is 19.1. The number of hydrogen-bond acceptors (Lipinski definition) is 5. The number of halogens is 1. The first-order valence-corrected chi connectivity index (χ1v) is 11.9. The summed E-state index contributed by atoms with van der Waals surface area (Å²) < 4.78 is 14.0. The van der Waals surface area contributed by atoms with Crippen LogP contribution >= 0.6 is 0 Å². The zero-order valence-corrected chi connectivity index (χ0v) is 21.3. The lowest BCUT2D eigenvalue weighted by atomic mass is 10.0. The van der Waals surface area contributed by atoms with Crippen LogP contribution in [0.15, 0.2) is 77.1 Å². The average molecular weight is 494 g/mol. The SMILES string of the molecule is C=N/C=C(\C=C(/C)N(C)C)c1ccc2[nH]nc(-c3nc4c([nH]3)CC(C)=CC=C4c3cccc(F)c3)c2n1. The summed E-state index contributed by atoms with van der Waals surface area (Å²) in [6.45, 7) is 7.71. The van der Waals surface area contributed by atoms with Gasteiger partial charge in [-0.3, -0.25) is 10.1 Å². The number of pyridine rings is 1. The van der Waals surface area contributed by atoms with Crippen LogP contribution in [0.25, 0.3) is 33.7 Å². The van der Waals surface area contributed by atoms with Crippen LogP contribution in [0.5, 0.6) is 0 Å². The van der Waals surface area contributed by atoms with Gasteiger partial charge in [-0.15, -0.1) is 0 Å². The highest BCUT2D eigenvalue weighted by molar-refractivity contribution is 5.90. The normalized spacial score (nSPS) is 14.2. The molecule has 0 spiro atoms. The molecule has 5 rings (SSSR count). The van der Waals surface area contributed by atoms with Gasteiger partial charge in [0.2, 0.25) is 0 Å². The van der Waals surface area contributed by atoms with Crippen molar-refractivity contribution in [1.82, 2.24) is 30.0 Å². The van der Waals surface area contributed by atoms with Gasteiger partial charge in [0, 0.05) is 49.3 Å². The molecule has 186 valence electrons. The Bertz CT molecular complexity index is 1630. The predicted octanol–water partition coefficient (Wildman–Crippen LogP) is 5.93. The van der Waals surface area contributed by atoms with E-state index in [9.17, 15) is 4.39 Å². The summed E-state index contributed by atoms with van der Waals surface area (Å²) in [7, 11) is 3.97. The third kappa shape index (κ3) is 4.78. The predicted molar refractivity (Wildman–Crippen MR) is 147 cm³/mol. The number of benzene rings is 1. The number of aromatic nitrogens is 5. The molecule has 8 heteroatoms. The Labute approximate surface area is 214 Å². The van der Waals surface area contributed by atoms with Gasteiger partial charge in [0.1, 0.15) is 11.3 Å². The van der Waals surface area contributed by atoms with Crippen LogP contribution in [0.4, 0.5) is 4.39 Å². The topological polar surface area (TPSA) is 85.9 Å². The lowest BCUT2D eigenvalue weighted by Gasteiger charge is -2.13. The average Bonchev–Trinajstić information content (AvgIpc) is 3.43. The zero-order valence-electron chi connectivity index (χ0n) is 21.3. The summed E-state index contributed by atoms with van der Waals surface area (Å²) in [5.74, 6) is 0.317. The highest BCUT2D eigenvalue weighted by Crippen LogP contribution is 2.33. The molecule has 3 heterocycles. The molecule has 0 saturated heterocycles. The van der Waals surface area contributed by atoms with Crippen LogP contribution in [-0.2, 0) is 6.42 Å². The second-order valence-corrected chi connectivity index (χ2v) is 9.31. The fourth-order valence-corrected chi connectivity index (χ4v) is 4.26. The summed E-state index contributed by atoms with van der Waals surface area (Å²) in [5, 5.41) is 7.61. The van der Waals surface area contributed by atoms with Crippen LogP contribution in [0.3, 0.4) is 0 Å². The number of aromatic amines is 2. The number of nitrogens with one attached hydrogen (secondary N) is 2. The van der Waals surface area contributed by atoms with Gasteiger partial charge in [-0.1, -0.05) is 29.9 Å². The molecule has 0 amide bonds. The lowest BCUT2D eigenvalue weighted by molar-refractivity contribution is 0.514. The molecule has 0 fully saturated rings. The fourth-order valence-electron chi connectivity index (χ4n) is 4.26. The largest absolute Gasteiger partial charge is 0.381 e. The number of hydrogen-bond donors (Lipinski definition) is 2. The first-order valence-electron chi connectivity index (χ1n) is 11.9. The van der Waals surface area contributed by atoms with Crippen molar-refractivity contribution in [2.75, 3.05) is 14.1 Å². The third-order valence-corrected chi connectivity index (χ3v) is 6.39. The minimum Gasteiger partial charge on any atom is -0.381 e. The number of H-pyrrole nitrogens is 2. The molecular formula is C29H28FN7. The molecule has 1 aliphatic carbocycles. The van der Waals surface area contributed by atoms with E-state index < -0.39 is 0 Å². The van der Waals surface area contributed by atoms with Gasteiger partial charge in [0.25, 0.3) is 0 Å². The Morgan fingerprint density at radius 2 is 1.97 bits per heavy atom. The number of allylic oxidation sites excluding steroid dienone is 6. The molecule has 37 heavy (non-hydrogen) atoms. The second-order valence-electron chi connectivity index (χ2n) is 9.31. The summed E-state index contributed by atoms with van der Waals surface area (Å²) in [4.78, 5) is 19.3. The van der Waals surface area contributed by atoms with Crippen LogP contribution in [0.1, 0.15) is 36.5 Å². The highest BCUT2D eigenvalue weighted by Gasteiger charge is 2.22. The Hall–Kier alpha value is -4.59. The van der Waals surface area contributed by atoms with E-state index in [1.807, 2.05) is 56.3 Å². The van der Waals surface area contributed by atoms with Crippen molar-refractivity contribution in [3.63, 3.8) is 0 Å². The second kappa shape index (κ2) is 9.81. The van der Waals surface area contributed by atoms with Crippen LogP contribution in [0.2, 0.25) is 0 Å². The molecule has 0 unspecified atom stereocenters. The van der Waals surface area contributed by atoms with Crippen LogP contribution in [-0.4, -0.2) is 50.9 Å². The molecule has 3 aromatic heterocycles. The molecule has 4 aromatic rings. The Kier molecular flexibility index (Phi) is 6.40.